The normalized spacial score (nSPS) is 15.0. The topological polar surface area (TPSA) is 336 Å². The molecule has 8 amide bonds. The Morgan fingerprint density at radius 2 is 1.43 bits per heavy atom. The highest BCUT2D eigenvalue weighted by molar-refractivity contribution is 6.12. The van der Waals surface area contributed by atoms with E-state index in [-0.39, 0.29) is 85.0 Å². The Morgan fingerprint density at radius 3 is 1.98 bits per heavy atom. The number of nitrogens with one attached hydrogen (secondary N) is 4. The van der Waals surface area contributed by atoms with Crippen molar-refractivity contribution in [1.82, 2.24) is 40.6 Å². The van der Waals surface area contributed by atoms with Gasteiger partial charge in [0, 0.05) is 69.4 Å². The number of aromatic nitrogens is 2. The van der Waals surface area contributed by atoms with Crippen LogP contribution < -0.4 is 32.7 Å². The summed E-state index contributed by atoms with van der Waals surface area (Å²) < 4.78 is 62.3. The zero-order valence-corrected chi connectivity index (χ0v) is 49.5. The van der Waals surface area contributed by atoms with Gasteiger partial charge in [0.1, 0.15) is 35.6 Å². The molecule has 0 radical (unpaired) electrons. The molecule has 2 aliphatic rings. The number of halogens is 5. The number of hydrogen-bond donors (Lipinski definition) is 8. The fraction of sp³-hybridized carbons (Fsp3) is 0.542. The minimum atomic E-state index is -5.08. The van der Waals surface area contributed by atoms with Crippen molar-refractivity contribution in [2.24, 2.45) is 28.7 Å². The van der Waals surface area contributed by atoms with Crippen molar-refractivity contribution in [2.45, 2.75) is 168 Å². The largest absolute Gasteiger partial charge is 0.490 e. The van der Waals surface area contributed by atoms with Crippen LogP contribution in [0.1, 0.15) is 143 Å². The number of imidazole rings is 1. The van der Waals surface area contributed by atoms with E-state index in [2.05, 4.69) is 21.3 Å². The van der Waals surface area contributed by atoms with Crippen molar-refractivity contribution >= 4 is 59.2 Å². The van der Waals surface area contributed by atoms with Crippen LogP contribution in [0.2, 0.25) is 0 Å². The Morgan fingerprint density at radius 1 is 0.814 bits per heavy atom. The molecule has 5 atom stereocenters. The summed E-state index contributed by atoms with van der Waals surface area (Å²) in [6, 6.07) is 8.30. The minimum Gasteiger partial charge on any atom is -0.480 e. The number of primary amides is 1. The minimum absolute atomic E-state index is 0.0286. The molecule has 1 aromatic heterocycles. The number of rotatable bonds is 28. The third kappa shape index (κ3) is 23.7. The van der Waals surface area contributed by atoms with Crippen molar-refractivity contribution in [2.75, 3.05) is 19.6 Å². The maximum absolute atomic E-state index is 14.7. The summed E-state index contributed by atoms with van der Waals surface area (Å²) in [6.07, 6.45) is 6.22. The number of hydrogen-bond acceptors (Lipinski definition) is 12. The van der Waals surface area contributed by atoms with E-state index in [1.807, 2.05) is 55.7 Å². The molecule has 1 aliphatic carbocycles. The predicted molar refractivity (Wildman–Crippen MR) is 305 cm³/mol. The van der Waals surface area contributed by atoms with Gasteiger partial charge in [-0.3, -0.25) is 43.3 Å². The molecule has 5 rings (SSSR count). The molecule has 1 aliphatic heterocycles. The average molecular weight is 1220 g/mol. The van der Waals surface area contributed by atoms with Gasteiger partial charge < -0.3 is 52.4 Å². The molecule has 474 valence electrons. The molecule has 27 heteroatoms. The predicted octanol–water partition coefficient (Wildman–Crippen LogP) is 5.81. The van der Waals surface area contributed by atoms with E-state index >= 15 is 0 Å². The van der Waals surface area contributed by atoms with Crippen molar-refractivity contribution < 1.29 is 80.1 Å². The van der Waals surface area contributed by atoms with Gasteiger partial charge in [0.2, 0.25) is 35.4 Å². The van der Waals surface area contributed by atoms with Crippen LogP contribution in [0.25, 0.3) is 11.3 Å². The zero-order valence-electron chi connectivity index (χ0n) is 49.5. The number of unbranched alkanes of at least 4 members (excludes halogenated alkanes) is 3. The molecule has 0 bridgehead atoms. The smallest absolute Gasteiger partial charge is 0.480 e. The summed E-state index contributed by atoms with van der Waals surface area (Å²) in [4.78, 5) is 126. The van der Waals surface area contributed by atoms with E-state index in [4.69, 9.17) is 26.4 Å². The molecule has 10 N–H and O–H groups in total. The summed E-state index contributed by atoms with van der Waals surface area (Å²) in [5, 5.41) is 27.3. The Kier molecular flexibility index (Phi) is 28.7. The van der Waals surface area contributed by atoms with Gasteiger partial charge in [-0.05, 0) is 93.4 Å². The number of imide groups is 1. The van der Waals surface area contributed by atoms with Gasteiger partial charge in [0.15, 0.2) is 0 Å². The first-order chi connectivity index (χ1) is 40.2. The summed E-state index contributed by atoms with van der Waals surface area (Å²) in [6.45, 7) is 13.6. The third-order valence-electron chi connectivity index (χ3n) is 14.0. The van der Waals surface area contributed by atoms with E-state index < -0.39 is 83.1 Å². The summed E-state index contributed by atoms with van der Waals surface area (Å²) in [5.74, 6) is -7.91. The van der Waals surface area contributed by atoms with Gasteiger partial charge in [-0.1, -0.05) is 84.2 Å². The van der Waals surface area contributed by atoms with Crippen LogP contribution in [0.3, 0.4) is 0 Å². The first-order valence-corrected chi connectivity index (χ1v) is 28.4. The molecule has 2 heterocycles. The highest BCUT2D eigenvalue weighted by Gasteiger charge is 2.39. The highest BCUT2D eigenvalue weighted by atomic mass is 19.4. The average Bonchev–Trinajstić information content (AvgIpc) is 2.77. The molecule has 1 fully saturated rings. The second kappa shape index (κ2) is 34.1. The number of alkyl halides is 3. The van der Waals surface area contributed by atoms with E-state index in [1.165, 1.54) is 26.0 Å². The number of nitrogens with zero attached hydrogens (tertiary/aromatic N) is 4. The number of nitrogens with two attached hydrogens (primary N) is 2. The highest BCUT2D eigenvalue weighted by Crippen LogP contribution is 2.40. The number of amides is 8. The second-order valence-electron chi connectivity index (χ2n) is 22.5. The van der Waals surface area contributed by atoms with E-state index in [0.29, 0.717) is 51.0 Å². The lowest BCUT2D eigenvalue weighted by atomic mass is 9.84. The lowest BCUT2D eigenvalue weighted by molar-refractivity contribution is -0.192. The van der Waals surface area contributed by atoms with Gasteiger partial charge in [-0.15, -0.1) is 0 Å². The molecule has 0 spiro atoms. The van der Waals surface area contributed by atoms with E-state index in [9.17, 15) is 70.2 Å². The standard InChI is InChI=1S/C30H47N5O8.C27H33F2N5O2.C2HF3O2/c1-19(2)26(34-23(36)14-5-4-10-18-35-24(37)15-16-25(35)38)29(41)32-20(3)27(39)33-22(30(42)43)13-8-9-17-31-28(40)21-11-6-7-12-21;1-17(35)34(13-12-22(30)25(31)36)24(27(2,3)4)26-32-23(20-14-19(28)10-11-21(20)29)16-33(26)15-18-8-6-5-7-9-18;3-2(4,5)1(6)7/h15-16,19-22,26H,4-14,17-18H2,1-3H3,(H,31,40)(H,32,41)(H,33,39)(H,34,36)(H,42,43);5-11,14,16,22,24H,12-13,15,30H2,1-4H3,(H2,31,36);(H,6,7)/t20?,22?,26-;;/m0../s1. The molecule has 2 aromatic carbocycles. The van der Waals surface area contributed by atoms with Gasteiger partial charge in [0.05, 0.1) is 17.8 Å². The summed E-state index contributed by atoms with van der Waals surface area (Å²) in [7, 11) is 0. The fourth-order valence-electron chi connectivity index (χ4n) is 9.37. The molecular formula is C59H81F5N10O12. The third-order valence-corrected chi connectivity index (χ3v) is 14.0. The molecule has 1 saturated carbocycles. The number of aliphatic carboxylic acids is 2. The Hall–Kier alpha value is -8.10. The van der Waals surface area contributed by atoms with E-state index in [0.717, 1.165) is 54.3 Å². The maximum Gasteiger partial charge on any atom is 0.490 e. The number of benzene rings is 2. The number of carboxylic acid groups (broad SMARTS) is 2. The van der Waals surface area contributed by atoms with Crippen LogP contribution in [0, 0.1) is 28.9 Å². The van der Waals surface area contributed by atoms with Gasteiger partial charge in [-0.2, -0.15) is 13.2 Å². The molecule has 3 aromatic rings. The van der Waals surface area contributed by atoms with Crippen LogP contribution in [-0.4, -0.2) is 139 Å². The van der Waals surface area contributed by atoms with Crippen LogP contribution in [-0.2, 0) is 54.5 Å². The van der Waals surface area contributed by atoms with Crippen molar-refractivity contribution in [1.29, 1.82) is 0 Å². The van der Waals surface area contributed by atoms with Gasteiger partial charge in [-0.25, -0.2) is 23.4 Å². The lowest BCUT2D eigenvalue weighted by Crippen LogP contribution is -2.56. The zero-order chi connectivity index (χ0) is 64.6. The fourth-order valence-corrected chi connectivity index (χ4v) is 9.37. The Labute approximate surface area is 496 Å². The summed E-state index contributed by atoms with van der Waals surface area (Å²) in [5.41, 5.74) is 11.9. The molecular weight excluding hydrogens is 1140 g/mol. The van der Waals surface area contributed by atoms with Crippen LogP contribution in [0.15, 0.2) is 66.9 Å². The van der Waals surface area contributed by atoms with Crippen LogP contribution in [0.4, 0.5) is 22.0 Å². The van der Waals surface area contributed by atoms with Gasteiger partial charge in [0.25, 0.3) is 11.8 Å². The molecule has 22 nitrogen and oxygen atoms in total. The maximum atomic E-state index is 14.7. The number of carbonyl (C=O) groups is 10. The lowest BCUT2D eigenvalue weighted by Gasteiger charge is -2.40. The van der Waals surface area contributed by atoms with Crippen molar-refractivity contribution in [3.05, 3.63) is 89.9 Å². The molecule has 4 unspecified atom stereocenters. The summed E-state index contributed by atoms with van der Waals surface area (Å²) >= 11 is 0. The van der Waals surface area contributed by atoms with Crippen LogP contribution in [0.5, 0.6) is 0 Å². The number of carbonyl (C=O) groups excluding carboxylic acids is 8. The van der Waals surface area contributed by atoms with E-state index in [1.54, 1.807) is 24.9 Å². The SMILES string of the molecule is CC(=O)N(CCC(N)C(N)=O)C(c1nc(-c2cc(F)ccc2F)cn1Cc1ccccc1)C(C)(C)C.CC(NC(=O)[C@@H](NC(=O)CCCCCN1C(=O)C=CC1=O)C(C)C)C(=O)NC(CCCCNC(=O)C1CCCC1)C(=O)O.O=C(O)C(F)(F)F. The Balaban J connectivity index is 0.000000409. The molecule has 0 saturated heterocycles. The molecule has 86 heavy (non-hydrogen) atoms. The Bertz CT molecular complexity index is 2840. The first-order valence-electron chi connectivity index (χ1n) is 28.4. The van der Waals surface area contributed by atoms with Crippen molar-refractivity contribution in [3.8, 4) is 11.3 Å². The quantitative estimate of drug-likeness (QED) is 0.0242. The monoisotopic (exact) mass is 1220 g/mol. The number of carboxylic acids is 2. The van der Waals surface area contributed by atoms with Crippen molar-refractivity contribution in [3.63, 3.8) is 0 Å². The van der Waals surface area contributed by atoms with Crippen LogP contribution >= 0.6 is 0 Å². The first kappa shape index (κ1) is 72.2. The second-order valence-corrected chi connectivity index (χ2v) is 22.5. The van der Waals surface area contributed by atoms with Gasteiger partial charge >= 0.3 is 18.1 Å².